The molecule has 5 nitrogen and oxygen atoms in total. The fourth-order valence-electron chi connectivity index (χ4n) is 1.28. The molecule has 0 atom stereocenters. The zero-order valence-electron chi connectivity index (χ0n) is 11.7. The maximum Gasteiger partial charge on any atom is 0.348 e. The first-order valence-electron chi connectivity index (χ1n) is 6.64. The first kappa shape index (κ1) is 17.6. The normalized spacial score (nSPS) is 9.89. The number of esters is 1. The van der Waals surface area contributed by atoms with E-state index in [1.54, 1.807) is 6.07 Å². The zero-order valence-corrected chi connectivity index (χ0v) is 11.7. The summed E-state index contributed by atoms with van der Waals surface area (Å²) in [7, 11) is 0. The van der Waals surface area contributed by atoms with Crippen LogP contribution in [-0.4, -0.2) is 39.0 Å². The van der Waals surface area contributed by atoms with Gasteiger partial charge in [-0.2, -0.15) is 5.26 Å². The Bertz CT molecular complexity index is 296. The zero-order chi connectivity index (χ0) is 14.3. The van der Waals surface area contributed by atoms with Crippen LogP contribution in [0.25, 0.3) is 0 Å². The maximum atomic E-state index is 11.0. The number of ether oxygens (including phenoxy) is 3. The Morgan fingerprint density at radius 1 is 1.05 bits per heavy atom. The molecular formula is C14H23NO4. The summed E-state index contributed by atoms with van der Waals surface area (Å²) in [6, 6.07) is 1.62. The second kappa shape index (κ2) is 13.1. The Morgan fingerprint density at radius 3 is 2.32 bits per heavy atom. The van der Waals surface area contributed by atoms with Crippen LogP contribution >= 0.6 is 0 Å². The molecule has 0 aliphatic rings. The van der Waals surface area contributed by atoms with E-state index in [-0.39, 0.29) is 12.2 Å². The molecule has 0 rings (SSSR count). The predicted octanol–water partition coefficient (Wildman–Crippen LogP) is 2.22. The molecule has 0 aromatic rings. The highest BCUT2D eigenvalue weighted by molar-refractivity contribution is 5.91. The van der Waals surface area contributed by atoms with Crippen molar-refractivity contribution in [2.75, 3.05) is 33.0 Å². The van der Waals surface area contributed by atoms with Gasteiger partial charge >= 0.3 is 5.97 Å². The van der Waals surface area contributed by atoms with Crippen LogP contribution in [0.3, 0.4) is 0 Å². The molecule has 0 bridgehead atoms. The van der Waals surface area contributed by atoms with Crippen molar-refractivity contribution in [3.8, 4) is 6.07 Å². The lowest BCUT2D eigenvalue weighted by atomic mass is 10.2. The SMILES string of the molecule is C=C(C#N)C(=O)OCCOCCOCCCCCC. The van der Waals surface area contributed by atoms with Gasteiger partial charge in [0, 0.05) is 6.61 Å². The van der Waals surface area contributed by atoms with Crippen LogP contribution in [0.2, 0.25) is 0 Å². The van der Waals surface area contributed by atoms with Gasteiger partial charge in [0.15, 0.2) is 0 Å². The van der Waals surface area contributed by atoms with Gasteiger partial charge in [-0.15, -0.1) is 0 Å². The molecule has 0 radical (unpaired) electrons. The Morgan fingerprint density at radius 2 is 1.68 bits per heavy atom. The topological polar surface area (TPSA) is 68.6 Å². The minimum Gasteiger partial charge on any atom is -0.459 e. The molecule has 5 heteroatoms. The molecule has 0 aromatic carbocycles. The van der Waals surface area contributed by atoms with Gasteiger partial charge in [0.05, 0.1) is 19.8 Å². The molecule has 0 saturated carbocycles. The van der Waals surface area contributed by atoms with Crippen molar-refractivity contribution in [2.24, 2.45) is 0 Å². The molecule has 19 heavy (non-hydrogen) atoms. The van der Waals surface area contributed by atoms with E-state index in [9.17, 15) is 4.79 Å². The van der Waals surface area contributed by atoms with E-state index in [0.717, 1.165) is 13.0 Å². The van der Waals surface area contributed by atoms with Crippen molar-refractivity contribution in [2.45, 2.75) is 32.6 Å². The van der Waals surface area contributed by atoms with Crippen LogP contribution in [-0.2, 0) is 19.0 Å². The number of rotatable bonds is 12. The van der Waals surface area contributed by atoms with Crippen LogP contribution in [0.15, 0.2) is 12.2 Å². The van der Waals surface area contributed by atoms with Crippen LogP contribution < -0.4 is 0 Å². The second-order valence-electron chi connectivity index (χ2n) is 4.01. The van der Waals surface area contributed by atoms with Crippen LogP contribution in [0.1, 0.15) is 32.6 Å². The summed E-state index contributed by atoms with van der Waals surface area (Å²) in [5.74, 6) is -0.696. The summed E-state index contributed by atoms with van der Waals surface area (Å²) in [5, 5.41) is 8.38. The molecule has 0 heterocycles. The highest BCUT2D eigenvalue weighted by Gasteiger charge is 2.06. The molecule has 0 aromatic heterocycles. The number of hydrogen-bond donors (Lipinski definition) is 0. The van der Waals surface area contributed by atoms with Gasteiger partial charge in [-0.05, 0) is 6.42 Å². The standard InChI is InChI=1S/C14H23NO4/c1-3-4-5-6-7-17-8-9-18-10-11-19-14(16)13(2)12-15/h2-11H2,1H3. The lowest BCUT2D eigenvalue weighted by molar-refractivity contribution is -0.140. The molecule has 0 N–H and O–H groups in total. The molecule has 0 amide bonds. The van der Waals surface area contributed by atoms with Gasteiger partial charge in [0.1, 0.15) is 18.2 Å². The van der Waals surface area contributed by atoms with E-state index in [1.165, 1.54) is 19.3 Å². The quantitative estimate of drug-likeness (QED) is 0.235. The van der Waals surface area contributed by atoms with Crippen molar-refractivity contribution in [3.05, 3.63) is 12.2 Å². The monoisotopic (exact) mass is 269 g/mol. The number of unbranched alkanes of at least 4 members (excludes halogenated alkanes) is 3. The maximum absolute atomic E-state index is 11.0. The van der Waals surface area contributed by atoms with Crippen molar-refractivity contribution in [1.29, 1.82) is 5.26 Å². The number of hydrogen-bond acceptors (Lipinski definition) is 5. The molecule has 0 spiro atoms. The minimum atomic E-state index is -0.696. The van der Waals surface area contributed by atoms with Crippen molar-refractivity contribution in [1.82, 2.24) is 0 Å². The molecule has 108 valence electrons. The van der Waals surface area contributed by atoms with Crippen LogP contribution in [0, 0.1) is 11.3 Å². The Kier molecular flexibility index (Phi) is 12.1. The molecule has 0 aliphatic heterocycles. The van der Waals surface area contributed by atoms with Crippen LogP contribution in [0.5, 0.6) is 0 Å². The van der Waals surface area contributed by atoms with Gasteiger partial charge in [-0.1, -0.05) is 32.8 Å². The average Bonchev–Trinajstić information content (AvgIpc) is 2.43. The molecule has 0 fully saturated rings. The first-order valence-corrected chi connectivity index (χ1v) is 6.64. The third-order valence-corrected chi connectivity index (χ3v) is 2.36. The highest BCUT2D eigenvalue weighted by Crippen LogP contribution is 1.98. The Balaban J connectivity index is 3.17. The van der Waals surface area contributed by atoms with E-state index in [2.05, 4.69) is 13.5 Å². The smallest absolute Gasteiger partial charge is 0.348 e. The van der Waals surface area contributed by atoms with E-state index < -0.39 is 5.97 Å². The largest absolute Gasteiger partial charge is 0.459 e. The van der Waals surface area contributed by atoms with Gasteiger partial charge in [0.25, 0.3) is 0 Å². The summed E-state index contributed by atoms with van der Waals surface area (Å²) in [4.78, 5) is 11.0. The van der Waals surface area contributed by atoms with Gasteiger partial charge in [-0.3, -0.25) is 0 Å². The molecule has 0 saturated heterocycles. The number of carbonyl (C=O) groups excluding carboxylic acids is 1. The minimum absolute atomic E-state index is 0.121. The average molecular weight is 269 g/mol. The van der Waals surface area contributed by atoms with E-state index in [1.807, 2.05) is 0 Å². The summed E-state index contributed by atoms with van der Waals surface area (Å²) in [6.45, 7) is 7.62. The summed E-state index contributed by atoms with van der Waals surface area (Å²) >= 11 is 0. The van der Waals surface area contributed by atoms with Crippen molar-refractivity contribution in [3.63, 3.8) is 0 Å². The lowest BCUT2D eigenvalue weighted by Crippen LogP contribution is -2.13. The van der Waals surface area contributed by atoms with E-state index in [4.69, 9.17) is 19.5 Å². The predicted molar refractivity (Wildman–Crippen MR) is 71.5 cm³/mol. The molecule has 0 aliphatic carbocycles. The molecule has 0 unspecified atom stereocenters. The summed E-state index contributed by atoms with van der Waals surface area (Å²) < 4.78 is 15.3. The third-order valence-electron chi connectivity index (χ3n) is 2.36. The highest BCUT2D eigenvalue weighted by atomic mass is 16.6. The van der Waals surface area contributed by atoms with Crippen molar-refractivity contribution < 1.29 is 19.0 Å². The van der Waals surface area contributed by atoms with E-state index >= 15 is 0 Å². The summed E-state index contributed by atoms with van der Waals surface area (Å²) in [6.07, 6.45) is 4.76. The fraction of sp³-hybridized carbons (Fsp3) is 0.714. The van der Waals surface area contributed by atoms with Crippen molar-refractivity contribution >= 4 is 5.97 Å². The number of nitriles is 1. The first-order chi connectivity index (χ1) is 9.22. The van der Waals surface area contributed by atoms with Crippen LogP contribution in [0.4, 0.5) is 0 Å². The molecular weight excluding hydrogens is 246 g/mol. The fourth-order valence-corrected chi connectivity index (χ4v) is 1.28. The lowest BCUT2D eigenvalue weighted by Gasteiger charge is -2.06. The van der Waals surface area contributed by atoms with Gasteiger partial charge in [-0.25, -0.2) is 4.79 Å². The number of nitrogens with zero attached hydrogens (tertiary/aromatic N) is 1. The van der Waals surface area contributed by atoms with E-state index in [0.29, 0.717) is 19.8 Å². The van der Waals surface area contributed by atoms with Gasteiger partial charge in [0.2, 0.25) is 0 Å². The third kappa shape index (κ3) is 11.4. The summed E-state index contributed by atoms with van der Waals surface area (Å²) in [5.41, 5.74) is -0.199. The number of carbonyl (C=O) groups is 1. The Hall–Kier alpha value is -1.38. The second-order valence-corrected chi connectivity index (χ2v) is 4.01. The van der Waals surface area contributed by atoms with Gasteiger partial charge < -0.3 is 14.2 Å². The Labute approximate surface area is 115 Å².